The molecule has 0 heterocycles. The van der Waals surface area contributed by atoms with Gasteiger partial charge in [0.1, 0.15) is 0 Å². The van der Waals surface area contributed by atoms with E-state index in [1.807, 2.05) is 0 Å². The van der Waals surface area contributed by atoms with Gasteiger partial charge in [-0.3, -0.25) is 0 Å². The van der Waals surface area contributed by atoms with Gasteiger partial charge in [0.05, 0.1) is 12.9 Å². The molecule has 1 N–H and O–H groups in total. The first-order valence-electron chi connectivity index (χ1n) is 6.21. The van der Waals surface area contributed by atoms with Gasteiger partial charge < -0.3 is 10.1 Å². The maximum Gasteiger partial charge on any atom is 0.0885 e. The van der Waals surface area contributed by atoms with Crippen LogP contribution in [0.5, 0.6) is 0 Å². The van der Waals surface area contributed by atoms with Crippen LogP contribution in [0.1, 0.15) is 39.5 Å². The summed E-state index contributed by atoms with van der Waals surface area (Å²) >= 11 is 0. The summed E-state index contributed by atoms with van der Waals surface area (Å²) in [5.41, 5.74) is 0. The summed E-state index contributed by atoms with van der Waals surface area (Å²) in [6.07, 6.45) is 6.72. The first kappa shape index (κ1) is 12.6. The Labute approximate surface area is 94.1 Å². The van der Waals surface area contributed by atoms with Crippen molar-refractivity contribution in [3.8, 4) is 0 Å². The fourth-order valence-corrected chi connectivity index (χ4v) is 2.40. The van der Waals surface area contributed by atoms with Crippen molar-refractivity contribution in [1.82, 2.24) is 5.32 Å². The number of ether oxygens (including phenoxy) is 1. The Morgan fingerprint density at radius 1 is 1.40 bits per heavy atom. The topological polar surface area (TPSA) is 21.3 Å². The van der Waals surface area contributed by atoms with Gasteiger partial charge in [-0.1, -0.05) is 33.3 Å². The van der Waals surface area contributed by atoms with Crippen molar-refractivity contribution < 1.29 is 4.74 Å². The summed E-state index contributed by atoms with van der Waals surface area (Å²) in [4.78, 5) is 0. The molecule has 0 saturated heterocycles. The molecule has 0 aromatic heterocycles. The highest BCUT2D eigenvalue weighted by Crippen LogP contribution is 2.29. The van der Waals surface area contributed by atoms with Crippen molar-refractivity contribution >= 4 is 0 Å². The second kappa shape index (κ2) is 6.89. The number of hydrogen-bond donors (Lipinski definition) is 1. The fourth-order valence-electron chi connectivity index (χ4n) is 2.40. The Hall–Kier alpha value is -0.500. The van der Waals surface area contributed by atoms with Crippen LogP contribution in [-0.4, -0.2) is 19.2 Å². The van der Waals surface area contributed by atoms with E-state index in [1.54, 1.807) is 0 Å². The summed E-state index contributed by atoms with van der Waals surface area (Å²) < 4.78 is 5.09. The summed E-state index contributed by atoms with van der Waals surface area (Å²) in [6, 6.07) is 0.720. The Bertz CT molecular complexity index is 181. The Kier molecular flexibility index (Phi) is 5.77. The molecule has 88 valence electrons. The summed E-state index contributed by atoms with van der Waals surface area (Å²) in [5, 5.41) is 3.65. The Morgan fingerprint density at radius 3 is 2.93 bits per heavy atom. The molecule has 1 aliphatic rings. The smallest absolute Gasteiger partial charge is 0.0885 e. The molecule has 2 heteroatoms. The van der Waals surface area contributed by atoms with Crippen molar-refractivity contribution in [2.75, 3.05) is 13.2 Å². The highest BCUT2D eigenvalue weighted by Gasteiger charge is 2.26. The molecule has 0 radical (unpaired) electrons. The first-order valence-corrected chi connectivity index (χ1v) is 6.21. The van der Waals surface area contributed by atoms with E-state index in [0.717, 1.165) is 37.5 Å². The van der Waals surface area contributed by atoms with Crippen LogP contribution in [-0.2, 0) is 4.74 Å². The Balaban J connectivity index is 2.11. The van der Waals surface area contributed by atoms with Crippen LogP contribution >= 0.6 is 0 Å². The maximum absolute atomic E-state index is 5.09. The van der Waals surface area contributed by atoms with E-state index >= 15 is 0 Å². The highest BCUT2D eigenvalue weighted by molar-refractivity contribution is 4.81. The van der Waals surface area contributed by atoms with Crippen LogP contribution in [0.4, 0.5) is 0 Å². The van der Waals surface area contributed by atoms with Gasteiger partial charge in [-0.05, 0) is 31.2 Å². The van der Waals surface area contributed by atoms with Crippen molar-refractivity contribution in [2.45, 2.75) is 45.6 Å². The van der Waals surface area contributed by atoms with Gasteiger partial charge in [-0.2, -0.15) is 0 Å². The van der Waals surface area contributed by atoms with E-state index in [-0.39, 0.29) is 0 Å². The van der Waals surface area contributed by atoms with E-state index < -0.39 is 0 Å². The van der Waals surface area contributed by atoms with E-state index in [0.29, 0.717) is 0 Å². The molecule has 0 amide bonds. The average Bonchev–Trinajstić information content (AvgIpc) is 2.24. The standard InChI is InChI=1S/C13H25NO/c1-4-15-10-6-9-14-13-8-5-7-11(2)12(13)3/h4,11-14H,1,5-10H2,2-3H3. The van der Waals surface area contributed by atoms with Crippen LogP contribution in [0.15, 0.2) is 12.8 Å². The molecule has 3 atom stereocenters. The molecule has 1 fully saturated rings. The molecule has 3 unspecified atom stereocenters. The van der Waals surface area contributed by atoms with Gasteiger partial charge >= 0.3 is 0 Å². The summed E-state index contributed by atoms with van der Waals surface area (Å²) in [7, 11) is 0. The summed E-state index contributed by atoms with van der Waals surface area (Å²) in [5.74, 6) is 1.69. The van der Waals surface area contributed by atoms with Gasteiger partial charge in [0.2, 0.25) is 0 Å². The molecule has 0 aliphatic heterocycles. The first-order chi connectivity index (χ1) is 7.25. The molecule has 1 aliphatic carbocycles. The highest BCUT2D eigenvalue weighted by atomic mass is 16.5. The van der Waals surface area contributed by atoms with Gasteiger partial charge in [-0.15, -0.1) is 0 Å². The van der Waals surface area contributed by atoms with Crippen LogP contribution in [0.3, 0.4) is 0 Å². The SMILES string of the molecule is C=COCCCNC1CCCC(C)C1C. The van der Waals surface area contributed by atoms with Gasteiger partial charge in [0.15, 0.2) is 0 Å². The monoisotopic (exact) mass is 211 g/mol. The normalized spacial score (nSPS) is 31.2. The molecule has 2 nitrogen and oxygen atoms in total. The molecule has 15 heavy (non-hydrogen) atoms. The predicted molar refractivity (Wildman–Crippen MR) is 64.7 cm³/mol. The zero-order valence-electron chi connectivity index (χ0n) is 10.2. The molecule has 0 aromatic carbocycles. The van der Waals surface area contributed by atoms with Crippen LogP contribution in [0.25, 0.3) is 0 Å². The Morgan fingerprint density at radius 2 is 2.20 bits per heavy atom. The number of hydrogen-bond acceptors (Lipinski definition) is 2. The largest absolute Gasteiger partial charge is 0.502 e. The third kappa shape index (κ3) is 4.25. The van der Waals surface area contributed by atoms with Crippen molar-refractivity contribution in [2.24, 2.45) is 11.8 Å². The number of rotatable bonds is 6. The van der Waals surface area contributed by atoms with Gasteiger partial charge in [0, 0.05) is 6.04 Å². The third-order valence-electron chi connectivity index (χ3n) is 3.67. The van der Waals surface area contributed by atoms with Crippen LogP contribution < -0.4 is 5.32 Å². The van der Waals surface area contributed by atoms with E-state index in [2.05, 4.69) is 25.7 Å². The minimum atomic E-state index is 0.720. The minimum Gasteiger partial charge on any atom is -0.502 e. The molecule has 1 rings (SSSR count). The maximum atomic E-state index is 5.09. The zero-order chi connectivity index (χ0) is 11.1. The second-order valence-electron chi connectivity index (χ2n) is 4.72. The quantitative estimate of drug-likeness (QED) is 0.539. The molecule has 0 aromatic rings. The summed E-state index contributed by atoms with van der Waals surface area (Å²) in [6.45, 7) is 10.1. The van der Waals surface area contributed by atoms with E-state index in [1.165, 1.54) is 25.5 Å². The van der Waals surface area contributed by atoms with Crippen LogP contribution in [0, 0.1) is 11.8 Å². The van der Waals surface area contributed by atoms with Crippen molar-refractivity contribution in [3.05, 3.63) is 12.8 Å². The van der Waals surface area contributed by atoms with E-state index in [9.17, 15) is 0 Å². The van der Waals surface area contributed by atoms with Gasteiger partial charge in [0.25, 0.3) is 0 Å². The third-order valence-corrected chi connectivity index (χ3v) is 3.67. The molecule has 0 bridgehead atoms. The average molecular weight is 211 g/mol. The van der Waals surface area contributed by atoms with E-state index in [4.69, 9.17) is 4.74 Å². The lowest BCUT2D eigenvalue weighted by Crippen LogP contribution is -2.41. The number of nitrogens with one attached hydrogen (secondary N) is 1. The van der Waals surface area contributed by atoms with Crippen molar-refractivity contribution in [3.63, 3.8) is 0 Å². The fraction of sp³-hybridized carbons (Fsp3) is 0.846. The van der Waals surface area contributed by atoms with Crippen molar-refractivity contribution in [1.29, 1.82) is 0 Å². The molecule has 0 spiro atoms. The second-order valence-corrected chi connectivity index (χ2v) is 4.72. The van der Waals surface area contributed by atoms with Crippen LogP contribution in [0.2, 0.25) is 0 Å². The lowest BCUT2D eigenvalue weighted by molar-refractivity contribution is 0.197. The predicted octanol–water partition coefficient (Wildman–Crippen LogP) is 2.95. The molecular formula is C13H25NO. The molecule has 1 saturated carbocycles. The van der Waals surface area contributed by atoms with Gasteiger partial charge in [-0.25, -0.2) is 0 Å². The minimum absolute atomic E-state index is 0.720. The lowest BCUT2D eigenvalue weighted by atomic mass is 9.78. The lowest BCUT2D eigenvalue weighted by Gasteiger charge is -2.34. The molecular weight excluding hydrogens is 186 g/mol. The zero-order valence-corrected chi connectivity index (χ0v) is 10.2.